The number of hydrogen-bond donors (Lipinski definition) is 1. The fraction of sp³-hybridized carbons (Fsp3) is 0.636. The fourth-order valence-electron chi connectivity index (χ4n) is 1.77. The van der Waals surface area contributed by atoms with Crippen LogP contribution in [0.2, 0.25) is 0 Å². The van der Waals surface area contributed by atoms with Crippen LogP contribution in [0, 0.1) is 0 Å². The Morgan fingerprint density at radius 1 is 1.69 bits per heavy atom. The molecule has 1 aromatic rings. The van der Waals surface area contributed by atoms with Crippen molar-refractivity contribution in [3.05, 3.63) is 17.8 Å². The van der Waals surface area contributed by atoms with Crippen molar-refractivity contribution in [2.45, 2.75) is 31.6 Å². The third-order valence-corrected chi connectivity index (χ3v) is 2.87. The smallest absolute Gasteiger partial charge is 0.303 e. The maximum Gasteiger partial charge on any atom is 0.303 e. The third-order valence-electron chi connectivity index (χ3n) is 2.87. The Labute approximate surface area is 93.4 Å². The summed E-state index contributed by atoms with van der Waals surface area (Å²) in [7, 11) is 0. The second-order valence-electron chi connectivity index (χ2n) is 4.39. The summed E-state index contributed by atoms with van der Waals surface area (Å²) < 4.78 is 10.9. The third kappa shape index (κ3) is 2.24. The summed E-state index contributed by atoms with van der Waals surface area (Å²) in [6.07, 6.45) is 2.97. The highest BCUT2D eigenvalue weighted by Gasteiger charge is 2.36. The van der Waals surface area contributed by atoms with E-state index in [9.17, 15) is 4.79 Å². The molecule has 1 atom stereocenters. The number of hydrogen-bond acceptors (Lipinski definition) is 4. The molecular formula is C11H15NO4. The molecule has 0 aliphatic carbocycles. The van der Waals surface area contributed by atoms with Crippen molar-refractivity contribution in [2.24, 2.45) is 0 Å². The molecule has 0 aromatic carbocycles. The quantitative estimate of drug-likeness (QED) is 0.837. The van der Waals surface area contributed by atoms with Crippen molar-refractivity contribution < 1.29 is 19.1 Å². The summed E-state index contributed by atoms with van der Waals surface area (Å²) >= 11 is 0. The molecule has 1 aliphatic heterocycles. The van der Waals surface area contributed by atoms with Crippen LogP contribution in [0.25, 0.3) is 0 Å². The summed E-state index contributed by atoms with van der Waals surface area (Å²) in [5, 5.41) is 8.56. The first-order valence-corrected chi connectivity index (χ1v) is 5.35. The van der Waals surface area contributed by atoms with E-state index in [4.69, 9.17) is 14.3 Å². The Balaban J connectivity index is 2.04. The van der Waals surface area contributed by atoms with Gasteiger partial charge in [-0.15, -0.1) is 0 Å². The molecule has 0 spiro atoms. The first-order chi connectivity index (χ1) is 7.60. The van der Waals surface area contributed by atoms with Crippen molar-refractivity contribution in [2.75, 3.05) is 13.2 Å². The van der Waals surface area contributed by atoms with E-state index in [2.05, 4.69) is 4.98 Å². The molecule has 1 aliphatic rings. The van der Waals surface area contributed by atoms with Crippen LogP contribution in [0.4, 0.5) is 0 Å². The van der Waals surface area contributed by atoms with Crippen LogP contribution in [0.15, 0.2) is 10.6 Å². The van der Waals surface area contributed by atoms with Gasteiger partial charge in [-0.1, -0.05) is 0 Å². The maximum absolute atomic E-state index is 10.4. The van der Waals surface area contributed by atoms with E-state index >= 15 is 0 Å². The Bertz CT molecular complexity index is 379. The van der Waals surface area contributed by atoms with Crippen LogP contribution >= 0.6 is 0 Å². The Hall–Kier alpha value is -1.36. The zero-order chi connectivity index (χ0) is 11.6. The predicted molar refractivity (Wildman–Crippen MR) is 55.2 cm³/mol. The first-order valence-electron chi connectivity index (χ1n) is 5.35. The van der Waals surface area contributed by atoms with Crippen LogP contribution in [0.5, 0.6) is 0 Å². The van der Waals surface area contributed by atoms with Gasteiger partial charge in [-0.05, 0) is 13.3 Å². The monoisotopic (exact) mass is 225 g/mol. The van der Waals surface area contributed by atoms with Crippen LogP contribution < -0.4 is 0 Å². The van der Waals surface area contributed by atoms with Gasteiger partial charge < -0.3 is 14.3 Å². The molecule has 0 radical (unpaired) electrons. The molecule has 1 fully saturated rings. The summed E-state index contributed by atoms with van der Waals surface area (Å²) in [6, 6.07) is 0. The SMILES string of the molecule is CC1(c2ncc(CCC(=O)O)o2)CCOC1. The van der Waals surface area contributed by atoms with Gasteiger partial charge in [0.2, 0.25) is 5.89 Å². The van der Waals surface area contributed by atoms with E-state index in [1.807, 2.05) is 6.92 Å². The molecule has 1 saturated heterocycles. The standard InChI is InChI=1S/C11H15NO4/c1-11(4-5-15-7-11)10-12-6-8(16-10)2-3-9(13)14/h6H,2-5,7H2,1H3,(H,13,14). The average molecular weight is 225 g/mol. The average Bonchev–Trinajstić information content (AvgIpc) is 2.84. The van der Waals surface area contributed by atoms with Crippen molar-refractivity contribution in [3.63, 3.8) is 0 Å². The minimum absolute atomic E-state index is 0.0713. The summed E-state index contributed by atoms with van der Waals surface area (Å²) in [5.74, 6) is 0.462. The summed E-state index contributed by atoms with van der Waals surface area (Å²) in [5.41, 5.74) is -0.151. The van der Waals surface area contributed by atoms with Gasteiger partial charge in [0.05, 0.1) is 24.6 Å². The van der Waals surface area contributed by atoms with Crippen molar-refractivity contribution >= 4 is 5.97 Å². The zero-order valence-corrected chi connectivity index (χ0v) is 9.23. The molecule has 5 heteroatoms. The molecule has 2 heterocycles. The number of ether oxygens (including phenoxy) is 1. The molecule has 2 rings (SSSR count). The van der Waals surface area contributed by atoms with Gasteiger partial charge in [0.1, 0.15) is 5.76 Å². The predicted octanol–water partition coefficient (Wildman–Crippen LogP) is 1.37. The number of carboxylic acid groups (broad SMARTS) is 1. The van der Waals surface area contributed by atoms with Gasteiger partial charge in [-0.3, -0.25) is 4.79 Å². The summed E-state index contributed by atoms with van der Waals surface area (Å²) in [6.45, 7) is 3.39. The van der Waals surface area contributed by atoms with E-state index in [0.29, 0.717) is 24.7 Å². The van der Waals surface area contributed by atoms with Gasteiger partial charge in [0, 0.05) is 13.0 Å². The number of aryl methyl sites for hydroxylation is 1. The van der Waals surface area contributed by atoms with E-state index < -0.39 is 5.97 Å². The Kier molecular flexibility index (Phi) is 2.96. The van der Waals surface area contributed by atoms with Crippen molar-refractivity contribution in [1.29, 1.82) is 0 Å². The normalized spacial score (nSPS) is 24.8. The highest BCUT2D eigenvalue weighted by atomic mass is 16.5. The van der Waals surface area contributed by atoms with E-state index in [-0.39, 0.29) is 11.8 Å². The van der Waals surface area contributed by atoms with E-state index in [1.165, 1.54) is 0 Å². The molecule has 88 valence electrons. The largest absolute Gasteiger partial charge is 0.481 e. The van der Waals surface area contributed by atoms with Crippen LogP contribution in [0.3, 0.4) is 0 Å². The molecule has 1 N–H and O–H groups in total. The number of rotatable bonds is 4. The number of nitrogens with zero attached hydrogens (tertiary/aromatic N) is 1. The van der Waals surface area contributed by atoms with Gasteiger partial charge in [-0.2, -0.15) is 0 Å². The van der Waals surface area contributed by atoms with Crippen molar-refractivity contribution in [3.8, 4) is 0 Å². The number of aliphatic carboxylic acids is 1. The number of oxazole rings is 1. The molecule has 0 bridgehead atoms. The Morgan fingerprint density at radius 2 is 2.50 bits per heavy atom. The number of carboxylic acids is 1. The molecule has 16 heavy (non-hydrogen) atoms. The lowest BCUT2D eigenvalue weighted by atomic mass is 9.90. The highest BCUT2D eigenvalue weighted by molar-refractivity contribution is 5.66. The van der Waals surface area contributed by atoms with Crippen molar-refractivity contribution in [1.82, 2.24) is 4.98 Å². The zero-order valence-electron chi connectivity index (χ0n) is 9.23. The van der Waals surface area contributed by atoms with E-state index in [1.54, 1.807) is 6.20 Å². The lowest BCUT2D eigenvalue weighted by molar-refractivity contribution is -0.137. The second kappa shape index (κ2) is 4.25. The lowest BCUT2D eigenvalue weighted by Gasteiger charge is -2.16. The maximum atomic E-state index is 10.4. The van der Waals surface area contributed by atoms with Gasteiger partial charge >= 0.3 is 5.97 Å². The number of carbonyl (C=O) groups is 1. The molecule has 5 nitrogen and oxygen atoms in total. The molecule has 0 amide bonds. The molecule has 0 saturated carbocycles. The van der Waals surface area contributed by atoms with Gasteiger partial charge in [0.25, 0.3) is 0 Å². The fourth-order valence-corrected chi connectivity index (χ4v) is 1.77. The molecular weight excluding hydrogens is 210 g/mol. The second-order valence-corrected chi connectivity index (χ2v) is 4.39. The minimum Gasteiger partial charge on any atom is -0.481 e. The minimum atomic E-state index is -0.826. The van der Waals surface area contributed by atoms with Crippen LogP contribution in [-0.2, 0) is 21.4 Å². The van der Waals surface area contributed by atoms with Gasteiger partial charge in [0.15, 0.2) is 0 Å². The summed E-state index contributed by atoms with van der Waals surface area (Å²) in [4.78, 5) is 14.6. The number of aromatic nitrogens is 1. The topological polar surface area (TPSA) is 72.6 Å². The highest BCUT2D eigenvalue weighted by Crippen LogP contribution is 2.32. The van der Waals surface area contributed by atoms with Crippen LogP contribution in [-0.4, -0.2) is 29.3 Å². The molecule has 1 aromatic heterocycles. The van der Waals surface area contributed by atoms with Crippen LogP contribution in [0.1, 0.15) is 31.4 Å². The van der Waals surface area contributed by atoms with Gasteiger partial charge in [-0.25, -0.2) is 4.98 Å². The first kappa shape index (κ1) is 11.1. The lowest BCUT2D eigenvalue weighted by Crippen LogP contribution is -2.21. The Morgan fingerprint density at radius 3 is 3.12 bits per heavy atom. The molecule has 1 unspecified atom stereocenters. The van der Waals surface area contributed by atoms with E-state index in [0.717, 1.165) is 13.0 Å².